The fourth-order valence-electron chi connectivity index (χ4n) is 4.44. The van der Waals surface area contributed by atoms with E-state index in [1.807, 2.05) is 26.8 Å². The van der Waals surface area contributed by atoms with E-state index in [0.717, 1.165) is 28.3 Å². The number of rotatable bonds is 14. The van der Waals surface area contributed by atoms with Crippen LogP contribution in [0.4, 0.5) is 5.69 Å². The minimum atomic E-state index is -4.24. The third kappa shape index (κ3) is 8.63. The van der Waals surface area contributed by atoms with Gasteiger partial charge in [-0.25, -0.2) is 8.42 Å². The van der Waals surface area contributed by atoms with Crippen LogP contribution in [0.3, 0.4) is 0 Å². The summed E-state index contributed by atoms with van der Waals surface area (Å²) in [6, 6.07) is 17.0. The van der Waals surface area contributed by atoms with Gasteiger partial charge in [-0.2, -0.15) is 0 Å². The van der Waals surface area contributed by atoms with Gasteiger partial charge in [-0.15, -0.1) is 0 Å². The van der Waals surface area contributed by atoms with Crippen LogP contribution in [0.1, 0.15) is 44.2 Å². The van der Waals surface area contributed by atoms with Gasteiger partial charge in [0.2, 0.25) is 11.8 Å². The molecule has 2 amide bonds. The topological polar surface area (TPSA) is 96.0 Å². The van der Waals surface area contributed by atoms with Gasteiger partial charge in [0.1, 0.15) is 18.3 Å². The number of ether oxygens (including phenoxy) is 1. The molecule has 0 aliphatic heterocycles. The number of nitrogens with one attached hydrogen (secondary N) is 1. The molecule has 8 nitrogen and oxygen atoms in total. The zero-order chi connectivity index (χ0) is 30.9. The van der Waals surface area contributed by atoms with E-state index >= 15 is 0 Å². The molecule has 0 bridgehead atoms. The average molecular weight is 635 g/mol. The third-order valence-corrected chi connectivity index (χ3v) is 8.95. The highest BCUT2D eigenvalue weighted by Crippen LogP contribution is 2.30. The molecule has 0 unspecified atom stereocenters. The van der Waals surface area contributed by atoms with E-state index in [-0.39, 0.29) is 33.1 Å². The van der Waals surface area contributed by atoms with E-state index in [4.69, 9.17) is 27.9 Å². The molecule has 0 aliphatic carbocycles. The van der Waals surface area contributed by atoms with E-state index in [9.17, 15) is 18.0 Å². The molecule has 3 aromatic rings. The maximum atomic E-state index is 14.2. The summed E-state index contributed by atoms with van der Waals surface area (Å²) in [6.45, 7) is 5.63. The number of anilines is 1. The number of unbranched alkanes of at least 4 members (excludes halogenated alkanes) is 1. The van der Waals surface area contributed by atoms with Crippen LogP contribution in [0.2, 0.25) is 10.0 Å². The summed E-state index contributed by atoms with van der Waals surface area (Å²) in [6.07, 6.45) is 2.02. The van der Waals surface area contributed by atoms with Crippen molar-refractivity contribution in [2.45, 2.75) is 57.5 Å². The number of methoxy groups -OCH3 is 1. The summed E-state index contributed by atoms with van der Waals surface area (Å²) in [5.74, 6) is -0.277. The number of halogens is 2. The number of hydrogen-bond acceptors (Lipinski definition) is 5. The van der Waals surface area contributed by atoms with Crippen LogP contribution in [-0.2, 0) is 26.2 Å². The number of sulfonamides is 1. The molecule has 0 saturated heterocycles. The Morgan fingerprint density at radius 2 is 1.64 bits per heavy atom. The van der Waals surface area contributed by atoms with Crippen molar-refractivity contribution < 1.29 is 22.7 Å². The first-order valence-corrected chi connectivity index (χ1v) is 15.9. The lowest BCUT2D eigenvalue weighted by Gasteiger charge is -2.33. The van der Waals surface area contributed by atoms with E-state index in [1.165, 1.54) is 35.2 Å². The zero-order valence-electron chi connectivity index (χ0n) is 24.3. The van der Waals surface area contributed by atoms with Gasteiger partial charge in [0.05, 0.1) is 17.7 Å². The number of carbonyl (C=O) groups is 2. The van der Waals surface area contributed by atoms with Crippen molar-refractivity contribution in [1.82, 2.24) is 10.2 Å². The lowest BCUT2D eigenvalue weighted by Crippen LogP contribution is -2.52. The highest BCUT2D eigenvalue weighted by Gasteiger charge is 2.34. The fourth-order valence-corrected chi connectivity index (χ4v) is 6.36. The first-order chi connectivity index (χ1) is 20.0. The minimum Gasteiger partial charge on any atom is -0.497 e. The number of amides is 2. The number of carbonyl (C=O) groups excluding carboxylic acids is 2. The SMILES string of the molecule is CCCCNC(=O)[C@H](CC)N(Cc1cccc(OC)c1)C(=O)CN(c1cc(Cl)cc(Cl)c1)S(=O)(=O)c1ccc(C)cc1. The van der Waals surface area contributed by atoms with Crippen LogP contribution < -0.4 is 14.4 Å². The van der Waals surface area contributed by atoms with Crippen molar-refractivity contribution in [2.75, 3.05) is 24.5 Å². The Morgan fingerprint density at radius 3 is 2.24 bits per heavy atom. The van der Waals surface area contributed by atoms with Gasteiger partial charge in [-0.1, -0.05) is 73.3 Å². The van der Waals surface area contributed by atoms with Gasteiger partial charge in [0.25, 0.3) is 10.0 Å². The monoisotopic (exact) mass is 633 g/mol. The van der Waals surface area contributed by atoms with E-state index in [2.05, 4.69) is 5.32 Å². The molecule has 0 saturated carbocycles. The van der Waals surface area contributed by atoms with Crippen molar-refractivity contribution in [3.8, 4) is 5.75 Å². The van der Waals surface area contributed by atoms with E-state index in [1.54, 1.807) is 37.4 Å². The molecule has 3 rings (SSSR count). The van der Waals surface area contributed by atoms with Gasteiger partial charge >= 0.3 is 0 Å². The fraction of sp³-hybridized carbons (Fsp3) is 0.355. The first kappa shape index (κ1) is 33.2. The highest BCUT2D eigenvalue weighted by molar-refractivity contribution is 7.92. The Labute approximate surface area is 258 Å². The molecule has 11 heteroatoms. The van der Waals surface area contributed by atoms with E-state index < -0.39 is 28.5 Å². The summed E-state index contributed by atoms with van der Waals surface area (Å²) >= 11 is 12.5. The van der Waals surface area contributed by atoms with Gasteiger partial charge in [-0.05, 0) is 67.8 Å². The Hall–Kier alpha value is -3.27. The average Bonchev–Trinajstić information content (AvgIpc) is 2.95. The summed E-state index contributed by atoms with van der Waals surface area (Å²) in [7, 11) is -2.70. The molecule has 226 valence electrons. The molecular weight excluding hydrogens is 597 g/mol. The Bertz CT molecular complexity index is 1460. The smallest absolute Gasteiger partial charge is 0.264 e. The van der Waals surface area contributed by atoms with Crippen LogP contribution in [0.25, 0.3) is 0 Å². The largest absolute Gasteiger partial charge is 0.497 e. The Balaban J connectivity index is 2.08. The molecule has 1 N–H and O–H groups in total. The van der Waals surface area contributed by atoms with Crippen LogP contribution in [-0.4, -0.2) is 51.4 Å². The second-order valence-electron chi connectivity index (χ2n) is 9.89. The summed E-state index contributed by atoms with van der Waals surface area (Å²) in [5.41, 5.74) is 1.73. The lowest BCUT2D eigenvalue weighted by molar-refractivity contribution is -0.140. The highest BCUT2D eigenvalue weighted by atomic mass is 35.5. The summed E-state index contributed by atoms with van der Waals surface area (Å²) in [5, 5.41) is 3.34. The quantitative estimate of drug-likeness (QED) is 0.212. The minimum absolute atomic E-state index is 0.000642. The van der Waals surface area contributed by atoms with Gasteiger partial charge in [0.15, 0.2) is 0 Å². The van der Waals surface area contributed by atoms with Crippen molar-refractivity contribution in [2.24, 2.45) is 0 Å². The van der Waals surface area contributed by atoms with Crippen LogP contribution >= 0.6 is 23.2 Å². The predicted octanol–water partition coefficient (Wildman–Crippen LogP) is 6.23. The standard InChI is InChI=1S/C31H37Cl2N3O5S/c1-5-7-15-34-31(38)29(6-2)35(20-23-9-8-10-27(16-23)41-4)30(37)21-36(26-18-24(32)17-25(33)19-26)42(39,40)28-13-11-22(3)12-14-28/h8-14,16-19,29H,5-7,15,20-21H2,1-4H3,(H,34,38)/t29-/m0/s1. The molecule has 3 aromatic carbocycles. The Morgan fingerprint density at radius 1 is 0.976 bits per heavy atom. The summed E-state index contributed by atoms with van der Waals surface area (Å²) in [4.78, 5) is 28.9. The van der Waals surface area contributed by atoms with Gasteiger partial charge in [0, 0.05) is 23.1 Å². The second-order valence-corrected chi connectivity index (χ2v) is 12.6. The first-order valence-electron chi connectivity index (χ1n) is 13.8. The van der Waals surface area contributed by atoms with Gasteiger partial charge in [-0.3, -0.25) is 13.9 Å². The van der Waals surface area contributed by atoms with Crippen LogP contribution in [0.15, 0.2) is 71.6 Å². The van der Waals surface area contributed by atoms with Crippen molar-refractivity contribution >= 4 is 50.7 Å². The molecule has 42 heavy (non-hydrogen) atoms. The van der Waals surface area contributed by atoms with Gasteiger partial charge < -0.3 is 15.0 Å². The van der Waals surface area contributed by atoms with Crippen molar-refractivity contribution in [1.29, 1.82) is 0 Å². The van der Waals surface area contributed by atoms with Crippen molar-refractivity contribution in [3.63, 3.8) is 0 Å². The second kappa shape index (κ2) is 15.3. The zero-order valence-corrected chi connectivity index (χ0v) is 26.6. The maximum Gasteiger partial charge on any atom is 0.264 e. The Kier molecular flexibility index (Phi) is 12.1. The normalized spacial score (nSPS) is 12.0. The number of benzene rings is 3. The number of aryl methyl sites for hydroxylation is 1. The number of nitrogens with zero attached hydrogens (tertiary/aromatic N) is 2. The molecule has 0 spiro atoms. The maximum absolute atomic E-state index is 14.2. The summed E-state index contributed by atoms with van der Waals surface area (Å²) < 4.78 is 34.3. The molecule has 0 radical (unpaired) electrons. The molecule has 1 atom stereocenters. The van der Waals surface area contributed by atoms with Crippen molar-refractivity contribution in [3.05, 3.63) is 87.9 Å². The lowest BCUT2D eigenvalue weighted by atomic mass is 10.1. The molecule has 0 heterocycles. The van der Waals surface area contributed by atoms with Crippen LogP contribution in [0, 0.1) is 6.92 Å². The number of hydrogen-bond donors (Lipinski definition) is 1. The molecular formula is C31H37Cl2N3O5S. The van der Waals surface area contributed by atoms with Crippen LogP contribution in [0.5, 0.6) is 5.75 Å². The third-order valence-electron chi connectivity index (χ3n) is 6.73. The van der Waals surface area contributed by atoms with E-state index in [0.29, 0.717) is 18.7 Å². The predicted molar refractivity (Wildman–Crippen MR) is 168 cm³/mol. The molecule has 0 fully saturated rings. The molecule has 0 aliphatic rings. The molecule has 0 aromatic heterocycles.